The van der Waals surface area contributed by atoms with Gasteiger partial charge in [-0.15, -0.1) is 11.3 Å². The molecule has 7 heteroatoms. The van der Waals surface area contributed by atoms with Crippen molar-refractivity contribution < 1.29 is 9.53 Å². The van der Waals surface area contributed by atoms with Crippen LogP contribution in [-0.2, 0) is 4.79 Å². The summed E-state index contributed by atoms with van der Waals surface area (Å²) in [5.74, 6) is 0.199. The van der Waals surface area contributed by atoms with E-state index in [1.165, 1.54) is 12.4 Å². The maximum atomic E-state index is 12.3. The van der Waals surface area contributed by atoms with E-state index in [2.05, 4.69) is 9.97 Å². The van der Waals surface area contributed by atoms with Crippen molar-refractivity contribution in [2.24, 2.45) is 0 Å². The molecule has 3 rings (SSSR count). The number of piperidine rings is 1. The molecule has 1 aliphatic heterocycles. The summed E-state index contributed by atoms with van der Waals surface area (Å²) in [5.41, 5.74) is 0.165. The minimum absolute atomic E-state index is 0.0312. The van der Waals surface area contributed by atoms with Crippen LogP contribution < -0.4 is 4.74 Å². The summed E-state index contributed by atoms with van der Waals surface area (Å²) in [6, 6.07) is 5.88. The normalized spacial score (nSPS) is 17.6. The van der Waals surface area contributed by atoms with Gasteiger partial charge in [-0.2, -0.15) is 5.26 Å². The fourth-order valence-electron chi connectivity index (χ4n) is 2.53. The van der Waals surface area contributed by atoms with Gasteiger partial charge in [0.25, 0.3) is 5.88 Å². The van der Waals surface area contributed by atoms with E-state index in [0.29, 0.717) is 13.1 Å². The van der Waals surface area contributed by atoms with Crippen LogP contribution in [0.3, 0.4) is 0 Å². The van der Waals surface area contributed by atoms with Crippen molar-refractivity contribution >= 4 is 23.3 Å². The second-order valence-corrected chi connectivity index (χ2v) is 6.32. The highest BCUT2D eigenvalue weighted by molar-refractivity contribution is 7.10. The van der Waals surface area contributed by atoms with Gasteiger partial charge in [-0.25, -0.2) is 9.97 Å². The maximum Gasteiger partial charge on any atom is 0.251 e. The maximum absolute atomic E-state index is 12.3. The summed E-state index contributed by atoms with van der Waals surface area (Å²) in [6.45, 7) is 1.19. The SMILES string of the molecule is N#Cc1nccnc1O[C@H]1CCCN(C(=O)/C=C/c2cccs2)C1. The summed E-state index contributed by atoms with van der Waals surface area (Å²) in [7, 11) is 0. The molecule has 2 aromatic heterocycles. The summed E-state index contributed by atoms with van der Waals surface area (Å²) in [5, 5.41) is 11.0. The highest BCUT2D eigenvalue weighted by Crippen LogP contribution is 2.19. The van der Waals surface area contributed by atoms with Gasteiger partial charge in [0, 0.05) is 29.9 Å². The van der Waals surface area contributed by atoms with Gasteiger partial charge < -0.3 is 9.64 Å². The topological polar surface area (TPSA) is 79.1 Å². The fraction of sp³-hybridized carbons (Fsp3) is 0.294. The first-order chi connectivity index (χ1) is 11.8. The molecule has 0 bridgehead atoms. The molecule has 1 fully saturated rings. The van der Waals surface area contributed by atoms with Crippen LogP contribution in [0.2, 0.25) is 0 Å². The Labute approximate surface area is 144 Å². The van der Waals surface area contributed by atoms with E-state index in [4.69, 9.17) is 10.00 Å². The molecule has 0 N–H and O–H groups in total. The first kappa shape index (κ1) is 16.1. The molecule has 0 radical (unpaired) electrons. The van der Waals surface area contributed by atoms with Crippen molar-refractivity contribution in [3.63, 3.8) is 0 Å². The average Bonchev–Trinajstić information content (AvgIpc) is 3.14. The molecule has 0 saturated carbocycles. The highest BCUT2D eigenvalue weighted by Gasteiger charge is 2.25. The van der Waals surface area contributed by atoms with Crippen molar-refractivity contribution in [1.82, 2.24) is 14.9 Å². The number of rotatable bonds is 4. The molecule has 3 heterocycles. The summed E-state index contributed by atoms with van der Waals surface area (Å²) < 4.78 is 5.80. The van der Waals surface area contributed by atoms with Gasteiger partial charge in [0.2, 0.25) is 11.6 Å². The van der Waals surface area contributed by atoms with E-state index >= 15 is 0 Å². The number of carbonyl (C=O) groups excluding carboxylic acids is 1. The molecule has 6 nitrogen and oxygen atoms in total. The smallest absolute Gasteiger partial charge is 0.251 e. The lowest BCUT2D eigenvalue weighted by Gasteiger charge is -2.32. The zero-order valence-electron chi connectivity index (χ0n) is 13.0. The molecular weight excluding hydrogens is 324 g/mol. The molecule has 1 atom stereocenters. The van der Waals surface area contributed by atoms with Gasteiger partial charge in [0.15, 0.2) is 0 Å². The van der Waals surface area contributed by atoms with Crippen LogP contribution >= 0.6 is 11.3 Å². The molecule has 122 valence electrons. The number of nitrogens with zero attached hydrogens (tertiary/aromatic N) is 4. The van der Waals surface area contributed by atoms with Crippen LogP contribution in [0.25, 0.3) is 6.08 Å². The largest absolute Gasteiger partial charge is 0.470 e. The third-order valence-corrected chi connectivity index (χ3v) is 4.51. The van der Waals surface area contributed by atoms with Gasteiger partial charge in [0.05, 0.1) is 6.54 Å². The number of hydrogen-bond acceptors (Lipinski definition) is 6. The highest BCUT2D eigenvalue weighted by atomic mass is 32.1. The Morgan fingerprint density at radius 2 is 2.33 bits per heavy atom. The van der Waals surface area contributed by atoms with Crippen molar-refractivity contribution in [2.45, 2.75) is 18.9 Å². The molecule has 24 heavy (non-hydrogen) atoms. The Morgan fingerprint density at radius 3 is 3.12 bits per heavy atom. The minimum Gasteiger partial charge on any atom is -0.470 e. The van der Waals surface area contributed by atoms with E-state index in [1.807, 2.05) is 29.7 Å². The summed E-state index contributed by atoms with van der Waals surface area (Å²) in [4.78, 5) is 23.1. The number of nitriles is 1. The van der Waals surface area contributed by atoms with Crippen LogP contribution in [0.4, 0.5) is 0 Å². The number of ether oxygens (including phenoxy) is 1. The monoisotopic (exact) mass is 340 g/mol. The van der Waals surface area contributed by atoms with Crippen LogP contribution in [0.1, 0.15) is 23.4 Å². The van der Waals surface area contributed by atoms with E-state index < -0.39 is 0 Å². The third-order valence-electron chi connectivity index (χ3n) is 3.67. The predicted molar refractivity (Wildman–Crippen MR) is 90.3 cm³/mol. The van der Waals surface area contributed by atoms with Crippen LogP contribution in [0.15, 0.2) is 36.0 Å². The lowest BCUT2D eigenvalue weighted by Crippen LogP contribution is -2.43. The van der Waals surface area contributed by atoms with E-state index in [-0.39, 0.29) is 23.6 Å². The Kier molecular flexibility index (Phi) is 5.18. The molecule has 0 unspecified atom stereocenters. The Morgan fingerprint density at radius 1 is 1.46 bits per heavy atom. The molecule has 1 saturated heterocycles. The summed E-state index contributed by atoms with van der Waals surface area (Å²) >= 11 is 1.59. The minimum atomic E-state index is -0.179. The van der Waals surface area contributed by atoms with Gasteiger partial charge >= 0.3 is 0 Å². The van der Waals surface area contributed by atoms with Gasteiger partial charge in [-0.1, -0.05) is 6.07 Å². The molecular formula is C17H16N4O2S. The quantitative estimate of drug-likeness (QED) is 0.799. The zero-order chi connectivity index (χ0) is 16.8. The number of aromatic nitrogens is 2. The average molecular weight is 340 g/mol. The van der Waals surface area contributed by atoms with Crippen molar-refractivity contribution in [3.05, 3.63) is 46.6 Å². The zero-order valence-corrected chi connectivity index (χ0v) is 13.8. The van der Waals surface area contributed by atoms with Crippen molar-refractivity contribution in [2.75, 3.05) is 13.1 Å². The number of hydrogen-bond donors (Lipinski definition) is 0. The third kappa shape index (κ3) is 3.97. The number of carbonyl (C=O) groups is 1. The van der Waals surface area contributed by atoms with Crippen molar-refractivity contribution in [3.8, 4) is 11.9 Å². The molecule has 1 amide bonds. The number of thiophene rings is 1. The number of amides is 1. The molecule has 0 aromatic carbocycles. The van der Waals surface area contributed by atoms with E-state index in [0.717, 1.165) is 17.7 Å². The van der Waals surface area contributed by atoms with Crippen molar-refractivity contribution in [1.29, 1.82) is 5.26 Å². The lowest BCUT2D eigenvalue weighted by molar-refractivity contribution is -0.128. The van der Waals surface area contributed by atoms with E-state index in [1.54, 1.807) is 22.3 Å². The first-order valence-electron chi connectivity index (χ1n) is 7.64. The first-order valence-corrected chi connectivity index (χ1v) is 8.52. The van der Waals surface area contributed by atoms with Crippen LogP contribution in [-0.4, -0.2) is 40.0 Å². The molecule has 1 aliphatic rings. The van der Waals surface area contributed by atoms with E-state index in [9.17, 15) is 4.79 Å². The Bertz CT molecular complexity index is 767. The Balaban J connectivity index is 1.62. The molecule has 2 aromatic rings. The molecule has 0 aliphatic carbocycles. The molecule has 0 spiro atoms. The van der Waals surface area contributed by atoms with Crippen LogP contribution in [0.5, 0.6) is 5.88 Å². The van der Waals surface area contributed by atoms with Gasteiger partial charge in [0.1, 0.15) is 12.2 Å². The predicted octanol–water partition coefficient (Wildman–Crippen LogP) is 2.49. The fourth-order valence-corrected chi connectivity index (χ4v) is 3.14. The van der Waals surface area contributed by atoms with Crippen LogP contribution in [0, 0.1) is 11.3 Å². The Hall–Kier alpha value is -2.72. The second kappa shape index (κ2) is 7.70. The van der Waals surface area contributed by atoms with Gasteiger partial charge in [-0.05, 0) is 30.4 Å². The standard InChI is InChI=1S/C17H16N4O2S/c18-11-15-17(20-8-7-19-15)23-13-3-1-9-21(12-13)16(22)6-5-14-4-2-10-24-14/h2,4-8,10,13H,1,3,9,12H2/b6-5+/t13-/m0/s1. The van der Waals surface area contributed by atoms with Gasteiger partial charge in [-0.3, -0.25) is 4.79 Å². The number of likely N-dealkylation sites (tertiary alicyclic amines) is 1. The second-order valence-electron chi connectivity index (χ2n) is 5.34. The summed E-state index contributed by atoms with van der Waals surface area (Å²) in [6.07, 6.45) is 7.86. The lowest BCUT2D eigenvalue weighted by atomic mass is 10.1.